The summed E-state index contributed by atoms with van der Waals surface area (Å²) in [5.41, 5.74) is 3.77. The van der Waals surface area contributed by atoms with Crippen molar-refractivity contribution in [1.82, 2.24) is 9.47 Å². The molecule has 0 saturated carbocycles. The number of fused-ring (bicyclic) bond motifs is 1. The van der Waals surface area contributed by atoms with Crippen LogP contribution in [0.2, 0.25) is 0 Å². The summed E-state index contributed by atoms with van der Waals surface area (Å²) < 4.78 is 25.2. The van der Waals surface area contributed by atoms with Gasteiger partial charge in [-0.3, -0.25) is 0 Å². The molecule has 5 rings (SSSR count). The molecule has 0 aliphatic rings. The van der Waals surface area contributed by atoms with Crippen molar-refractivity contribution in [2.45, 2.75) is 20.4 Å². The second-order valence-corrected chi connectivity index (χ2v) is 9.49. The Hall–Kier alpha value is -4.91. The third kappa shape index (κ3) is 5.99. The first-order valence-electron chi connectivity index (χ1n) is 13.7. The SMILES string of the molecule is CCN(CC)C(=O)Oc1ccc2c(ccn2Cc2cccc(Oc3ccccc3)c2)c1-c1ccc(OC)c(OC)c1. The Labute approximate surface area is 240 Å². The van der Waals surface area contributed by atoms with Crippen LogP contribution in [0.25, 0.3) is 22.0 Å². The van der Waals surface area contributed by atoms with Gasteiger partial charge in [0.2, 0.25) is 0 Å². The van der Waals surface area contributed by atoms with Crippen LogP contribution in [0.4, 0.5) is 4.79 Å². The van der Waals surface area contributed by atoms with Gasteiger partial charge in [-0.2, -0.15) is 0 Å². The third-order valence-corrected chi connectivity index (χ3v) is 7.04. The summed E-state index contributed by atoms with van der Waals surface area (Å²) in [7, 11) is 3.21. The van der Waals surface area contributed by atoms with Crippen LogP contribution in [0.3, 0.4) is 0 Å². The number of carbonyl (C=O) groups excluding carboxylic acids is 1. The van der Waals surface area contributed by atoms with Crippen molar-refractivity contribution in [2.75, 3.05) is 27.3 Å². The van der Waals surface area contributed by atoms with Gasteiger partial charge in [0.05, 0.1) is 14.2 Å². The van der Waals surface area contributed by atoms with E-state index in [1.54, 1.807) is 19.1 Å². The van der Waals surface area contributed by atoms with Crippen LogP contribution in [-0.2, 0) is 6.54 Å². The molecule has 0 atom stereocenters. The van der Waals surface area contributed by atoms with Gasteiger partial charge in [-0.05, 0) is 79.6 Å². The number of nitrogens with zero attached hydrogens (tertiary/aromatic N) is 2. The fourth-order valence-corrected chi connectivity index (χ4v) is 4.93. The van der Waals surface area contributed by atoms with Crippen LogP contribution >= 0.6 is 0 Å². The summed E-state index contributed by atoms with van der Waals surface area (Å²) >= 11 is 0. The number of carbonyl (C=O) groups is 1. The largest absolute Gasteiger partial charge is 0.493 e. The first-order valence-corrected chi connectivity index (χ1v) is 13.7. The summed E-state index contributed by atoms with van der Waals surface area (Å²) in [6, 6.07) is 29.5. The van der Waals surface area contributed by atoms with Gasteiger partial charge < -0.3 is 28.4 Å². The number of benzene rings is 4. The molecule has 0 radical (unpaired) electrons. The molecule has 0 aliphatic heterocycles. The van der Waals surface area contributed by atoms with Crippen molar-refractivity contribution < 1.29 is 23.7 Å². The minimum atomic E-state index is -0.384. The molecule has 0 spiro atoms. The molecule has 0 saturated heterocycles. The van der Waals surface area contributed by atoms with E-state index in [-0.39, 0.29) is 6.09 Å². The van der Waals surface area contributed by atoms with E-state index in [0.29, 0.717) is 36.9 Å². The molecule has 1 aromatic heterocycles. The molecule has 0 aliphatic carbocycles. The molecule has 7 heteroatoms. The van der Waals surface area contributed by atoms with E-state index in [4.69, 9.17) is 18.9 Å². The van der Waals surface area contributed by atoms with Crippen molar-refractivity contribution in [3.8, 4) is 39.9 Å². The number of methoxy groups -OCH3 is 2. The van der Waals surface area contributed by atoms with Crippen LogP contribution < -0.4 is 18.9 Å². The van der Waals surface area contributed by atoms with Crippen molar-refractivity contribution in [3.05, 3.63) is 103 Å². The Kier molecular flexibility index (Phi) is 8.44. The summed E-state index contributed by atoms with van der Waals surface area (Å²) in [6.45, 7) is 5.63. The van der Waals surface area contributed by atoms with Crippen molar-refractivity contribution in [2.24, 2.45) is 0 Å². The Morgan fingerprint density at radius 3 is 2.22 bits per heavy atom. The smallest absolute Gasteiger partial charge is 0.415 e. The molecule has 1 amide bonds. The molecule has 210 valence electrons. The Morgan fingerprint density at radius 2 is 1.49 bits per heavy atom. The van der Waals surface area contributed by atoms with Gasteiger partial charge in [0, 0.05) is 42.3 Å². The molecule has 41 heavy (non-hydrogen) atoms. The highest BCUT2D eigenvalue weighted by atomic mass is 16.6. The predicted molar refractivity (Wildman–Crippen MR) is 161 cm³/mol. The molecule has 7 nitrogen and oxygen atoms in total. The van der Waals surface area contributed by atoms with E-state index in [0.717, 1.165) is 39.1 Å². The highest BCUT2D eigenvalue weighted by Gasteiger charge is 2.20. The molecular formula is C34H34N2O5. The standard InChI is InChI=1S/C34H34N2O5/c1-5-35(6-2)34(37)41-31-18-16-29-28(33(31)25-15-17-30(38-3)32(22-25)39-4)19-20-36(29)23-24-11-10-14-27(21-24)40-26-12-8-7-9-13-26/h7-22H,5-6,23H2,1-4H3. The molecule has 5 aromatic rings. The molecule has 1 heterocycles. The molecular weight excluding hydrogens is 516 g/mol. The van der Waals surface area contributed by atoms with Gasteiger partial charge in [-0.1, -0.05) is 36.4 Å². The minimum absolute atomic E-state index is 0.384. The maximum atomic E-state index is 13.0. The Morgan fingerprint density at radius 1 is 0.756 bits per heavy atom. The average molecular weight is 551 g/mol. The predicted octanol–water partition coefficient (Wildman–Crippen LogP) is 8.01. The number of hydrogen-bond donors (Lipinski definition) is 0. The van der Waals surface area contributed by atoms with Gasteiger partial charge in [-0.25, -0.2) is 4.79 Å². The van der Waals surface area contributed by atoms with Gasteiger partial charge in [0.25, 0.3) is 0 Å². The van der Waals surface area contributed by atoms with Crippen LogP contribution in [0, 0.1) is 0 Å². The van der Waals surface area contributed by atoms with E-state index in [9.17, 15) is 4.79 Å². The highest BCUT2D eigenvalue weighted by Crippen LogP contribution is 2.41. The van der Waals surface area contributed by atoms with E-state index in [1.165, 1.54) is 0 Å². The van der Waals surface area contributed by atoms with Crippen LogP contribution in [0.1, 0.15) is 19.4 Å². The number of hydrogen-bond acceptors (Lipinski definition) is 5. The third-order valence-electron chi connectivity index (χ3n) is 7.04. The Bertz CT molecular complexity index is 1640. The number of amides is 1. The first-order chi connectivity index (χ1) is 20.0. The maximum Gasteiger partial charge on any atom is 0.415 e. The second kappa shape index (κ2) is 12.5. The summed E-state index contributed by atoms with van der Waals surface area (Å²) in [4.78, 5) is 14.6. The second-order valence-electron chi connectivity index (χ2n) is 9.49. The number of para-hydroxylation sites is 1. The number of ether oxygens (including phenoxy) is 4. The number of aromatic nitrogens is 1. The van der Waals surface area contributed by atoms with E-state index in [1.807, 2.05) is 92.7 Å². The maximum absolute atomic E-state index is 13.0. The zero-order valence-corrected chi connectivity index (χ0v) is 23.8. The van der Waals surface area contributed by atoms with Crippen LogP contribution in [-0.4, -0.2) is 42.9 Å². The summed E-state index contributed by atoms with van der Waals surface area (Å²) in [5.74, 6) is 3.28. The molecule has 0 N–H and O–H groups in total. The first kappa shape index (κ1) is 27.6. The van der Waals surface area contributed by atoms with Crippen LogP contribution in [0.15, 0.2) is 97.2 Å². The lowest BCUT2D eigenvalue weighted by Crippen LogP contribution is -2.33. The van der Waals surface area contributed by atoms with E-state index in [2.05, 4.69) is 22.9 Å². The zero-order chi connectivity index (χ0) is 28.8. The summed E-state index contributed by atoms with van der Waals surface area (Å²) in [5, 5.41) is 0.957. The molecule has 0 fully saturated rings. The quantitative estimate of drug-likeness (QED) is 0.176. The van der Waals surface area contributed by atoms with E-state index >= 15 is 0 Å². The highest BCUT2D eigenvalue weighted by molar-refractivity contribution is 6.00. The van der Waals surface area contributed by atoms with Crippen molar-refractivity contribution >= 4 is 17.0 Å². The lowest BCUT2D eigenvalue weighted by atomic mass is 10.00. The van der Waals surface area contributed by atoms with Gasteiger partial charge in [-0.15, -0.1) is 0 Å². The average Bonchev–Trinajstić information content (AvgIpc) is 3.40. The van der Waals surface area contributed by atoms with Crippen LogP contribution in [0.5, 0.6) is 28.7 Å². The molecule has 0 unspecified atom stereocenters. The zero-order valence-electron chi connectivity index (χ0n) is 23.8. The van der Waals surface area contributed by atoms with Crippen molar-refractivity contribution in [1.29, 1.82) is 0 Å². The van der Waals surface area contributed by atoms with Crippen molar-refractivity contribution in [3.63, 3.8) is 0 Å². The molecule has 0 bridgehead atoms. The summed E-state index contributed by atoms with van der Waals surface area (Å²) in [6.07, 6.45) is 1.67. The Balaban J connectivity index is 1.54. The fourth-order valence-electron chi connectivity index (χ4n) is 4.93. The monoisotopic (exact) mass is 550 g/mol. The lowest BCUT2D eigenvalue weighted by molar-refractivity contribution is 0.157. The normalized spacial score (nSPS) is 10.8. The van der Waals surface area contributed by atoms with Gasteiger partial charge in [0.15, 0.2) is 11.5 Å². The number of rotatable bonds is 10. The minimum Gasteiger partial charge on any atom is -0.493 e. The van der Waals surface area contributed by atoms with Gasteiger partial charge in [0.1, 0.15) is 17.2 Å². The fraction of sp³-hybridized carbons (Fsp3) is 0.206. The lowest BCUT2D eigenvalue weighted by Gasteiger charge is -2.20. The van der Waals surface area contributed by atoms with E-state index < -0.39 is 0 Å². The molecule has 4 aromatic carbocycles. The topological polar surface area (TPSA) is 62.2 Å². The van der Waals surface area contributed by atoms with Gasteiger partial charge >= 0.3 is 6.09 Å².